The fourth-order valence-electron chi connectivity index (χ4n) is 6.03. The zero-order valence-corrected chi connectivity index (χ0v) is 16.8. The smallest absolute Gasteiger partial charge is 0.254 e. The molecule has 2 aliphatic carbocycles. The lowest BCUT2D eigenvalue weighted by molar-refractivity contribution is -0.121. The maximum absolute atomic E-state index is 13.7. The van der Waals surface area contributed by atoms with Crippen molar-refractivity contribution in [3.63, 3.8) is 0 Å². The van der Waals surface area contributed by atoms with E-state index < -0.39 is 0 Å². The van der Waals surface area contributed by atoms with Crippen molar-refractivity contribution in [2.75, 3.05) is 5.32 Å². The van der Waals surface area contributed by atoms with Crippen LogP contribution in [-0.2, 0) is 4.79 Å². The molecule has 0 saturated heterocycles. The minimum Gasteiger partial charge on any atom is -0.329 e. The van der Waals surface area contributed by atoms with Gasteiger partial charge in [-0.3, -0.25) is 9.59 Å². The molecule has 5 rings (SSSR count). The number of hydrogen-bond acceptors (Lipinski definition) is 2. The molecule has 2 aromatic rings. The normalized spacial score (nSPS) is 23.4. The van der Waals surface area contributed by atoms with Crippen LogP contribution >= 0.6 is 0 Å². The number of hydrogen-bond donors (Lipinski definition) is 1. The highest BCUT2D eigenvalue weighted by Gasteiger charge is 2.57. The van der Waals surface area contributed by atoms with Crippen molar-refractivity contribution in [1.82, 2.24) is 4.90 Å². The van der Waals surface area contributed by atoms with Crippen LogP contribution in [0.3, 0.4) is 0 Å². The van der Waals surface area contributed by atoms with E-state index in [0.29, 0.717) is 5.56 Å². The molecule has 4 heteroatoms. The van der Waals surface area contributed by atoms with E-state index in [2.05, 4.69) is 10.2 Å². The van der Waals surface area contributed by atoms with Crippen LogP contribution < -0.4 is 5.32 Å². The van der Waals surface area contributed by atoms with E-state index in [1.807, 2.05) is 54.6 Å². The summed E-state index contributed by atoms with van der Waals surface area (Å²) < 4.78 is 0. The number of para-hydroxylation sites is 1. The highest BCUT2D eigenvalue weighted by atomic mass is 16.2. The number of anilines is 1. The molecule has 0 unspecified atom stereocenters. The molecule has 2 fully saturated rings. The quantitative estimate of drug-likeness (QED) is 0.793. The molecule has 0 bridgehead atoms. The van der Waals surface area contributed by atoms with Gasteiger partial charge in [0.25, 0.3) is 5.91 Å². The lowest BCUT2D eigenvalue weighted by Gasteiger charge is -2.52. The molecule has 1 aliphatic heterocycles. The first kappa shape index (κ1) is 18.4. The number of nitrogens with one attached hydrogen (secondary N) is 1. The molecule has 1 spiro atoms. The van der Waals surface area contributed by atoms with Crippen molar-refractivity contribution in [2.45, 2.75) is 68.9 Å². The molecule has 1 atom stereocenters. The van der Waals surface area contributed by atoms with Gasteiger partial charge in [0.15, 0.2) is 0 Å². The van der Waals surface area contributed by atoms with Gasteiger partial charge in [-0.15, -0.1) is 0 Å². The Balaban J connectivity index is 1.62. The van der Waals surface area contributed by atoms with Crippen LogP contribution in [0.2, 0.25) is 0 Å². The van der Waals surface area contributed by atoms with Gasteiger partial charge in [0.2, 0.25) is 5.91 Å². The molecule has 29 heavy (non-hydrogen) atoms. The van der Waals surface area contributed by atoms with Gasteiger partial charge in [0.05, 0.1) is 11.5 Å². The third kappa shape index (κ3) is 2.97. The van der Waals surface area contributed by atoms with Gasteiger partial charge < -0.3 is 10.2 Å². The predicted molar refractivity (Wildman–Crippen MR) is 114 cm³/mol. The molecule has 2 amide bonds. The molecule has 1 heterocycles. The van der Waals surface area contributed by atoms with E-state index in [-0.39, 0.29) is 29.3 Å². The third-order valence-electron chi connectivity index (χ3n) is 7.20. The number of benzene rings is 2. The highest BCUT2D eigenvalue weighted by molar-refractivity contribution is 6.05. The molecule has 3 aliphatic rings. The number of fused-ring (bicyclic) bond motifs is 1. The van der Waals surface area contributed by atoms with Crippen LogP contribution in [0.25, 0.3) is 0 Å². The summed E-state index contributed by atoms with van der Waals surface area (Å²) in [4.78, 5) is 29.6. The molecule has 4 nitrogen and oxygen atoms in total. The Morgan fingerprint density at radius 2 is 1.55 bits per heavy atom. The highest BCUT2D eigenvalue weighted by Crippen LogP contribution is 2.52. The lowest BCUT2D eigenvalue weighted by Crippen LogP contribution is -2.62. The van der Waals surface area contributed by atoms with Crippen LogP contribution in [0.5, 0.6) is 0 Å². The Hall–Kier alpha value is -2.62. The summed E-state index contributed by atoms with van der Waals surface area (Å²) in [6.45, 7) is 0. The SMILES string of the molecule is O=C(Nc1ccccc1)[C@H]1c2ccccc2C(=O)N(C2CCCC2)C12CCCC2. The summed E-state index contributed by atoms with van der Waals surface area (Å²) in [5.41, 5.74) is 2.04. The number of nitrogens with zero attached hydrogens (tertiary/aromatic N) is 1. The monoisotopic (exact) mass is 388 g/mol. The Kier molecular flexibility index (Phi) is 4.65. The fraction of sp³-hybridized carbons (Fsp3) is 0.440. The summed E-state index contributed by atoms with van der Waals surface area (Å²) in [7, 11) is 0. The average Bonchev–Trinajstić information content (AvgIpc) is 3.42. The molecule has 150 valence electrons. The van der Waals surface area contributed by atoms with Crippen LogP contribution in [0.15, 0.2) is 54.6 Å². The minimum atomic E-state index is -0.390. The van der Waals surface area contributed by atoms with E-state index in [1.165, 1.54) is 12.8 Å². The second-order valence-corrected chi connectivity index (χ2v) is 8.80. The standard InChI is InChI=1S/C25H28N2O2/c28-23(26-18-10-2-1-3-11-18)22-20-14-6-7-15-21(20)24(29)27(19-12-4-5-13-19)25(22)16-8-9-17-25/h1-3,6-7,10-11,14-15,19,22H,4-5,8-9,12-13,16-17H2,(H,26,28)/t22-/m1/s1. The van der Waals surface area contributed by atoms with Crippen molar-refractivity contribution >= 4 is 17.5 Å². The molecule has 1 N–H and O–H groups in total. The van der Waals surface area contributed by atoms with Crippen LogP contribution in [0, 0.1) is 0 Å². The van der Waals surface area contributed by atoms with Crippen LogP contribution in [-0.4, -0.2) is 28.3 Å². The van der Waals surface area contributed by atoms with Gasteiger partial charge in [-0.2, -0.15) is 0 Å². The number of amides is 2. The maximum Gasteiger partial charge on any atom is 0.254 e. The second kappa shape index (κ2) is 7.33. The lowest BCUT2D eigenvalue weighted by atomic mass is 9.70. The Bertz CT molecular complexity index is 911. The topological polar surface area (TPSA) is 49.4 Å². The van der Waals surface area contributed by atoms with E-state index in [9.17, 15) is 9.59 Å². The number of carbonyl (C=O) groups is 2. The van der Waals surface area contributed by atoms with E-state index in [1.54, 1.807) is 0 Å². The van der Waals surface area contributed by atoms with Gasteiger partial charge in [-0.05, 0) is 49.4 Å². The predicted octanol–water partition coefficient (Wildman–Crippen LogP) is 5.12. The maximum atomic E-state index is 13.7. The second-order valence-electron chi connectivity index (χ2n) is 8.80. The molecular weight excluding hydrogens is 360 g/mol. The van der Waals surface area contributed by atoms with Crippen molar-refractivity contribution < 1.29 is 9.59 Å². The van der Waals surface area contributed by atoms with E-state index in [4.69, 9.17) is 0 Å². The summed E-state index contributed by atoms with van der Waals surface area (Å²) >= 11 is 0. The Labute approximate surface area is 172 Å². The molecule has 0 aromatic heterocycles. The molecule has 2 aromatic carbocycles. The van der Waals surface area contributed by atoms with Crippen LogP contribution in [0.4, 0.5) is 5.69 Å². The van der Waals surface area contributed by atoms with E-state index in [0.717, 1.165) is 49.8 Å². The number of rotatable bonds is 3. The Morgan fingerprint density at radius 3 is 2.28 bits per heavy atom. The molecule has 2 saturated carbocycles. The van der Waals surface area contributed by atoms with E-state index >= 15 is 0 Å². The average molecular weight is 389 g/mol. The van der Waals surface area contributed by atoms with Crippen LogP contribution in [0.1, 0.15) is 73.2 Å². The zero-order chi connectivity index (χ0) is 19.8. The third-order valence-corrected chi connectivity index (χ3v) is 7.20. The van der Waals surface area contributed by atoms with Crippen molar-refractivity contribution in [3.8, 4) is 0 Å². The van der Waals surface area contributed by atoms with Gasteiger partial charge in [-0.1, -0.05) is 62.1 Å². The van der Waals surface area contributed by atoms with Crippen molar-refractivity contribution in [2.24, 2.45) is 0 Å². The van der Waals surface area contributed by atoms with Gasteiger partial charge in [-0.25, -0.2) is 0 Å². The largest absolute Gasteiger partial charge is 0.329 e. The minimum absolute atomic E-state index is 0.0149. The first-order valence-corrected chi connectivity index (χ1v) is 11.0. The fourth-order valence-corrected chi connectivity index (χ4v) is 6.03. The number of carbonyl (C=O) groups excluding carboxylic acids is 2. The van der Waals surface area contributed by atoms with Crippen molar-refractivity contribution in [3.05, 3.63) is 65.7 Å². The van der Waals surface area contributed by atoms with Gasteiger partial charge >= 0.3 is 0 Å². The summed E-state index contributed by atoms with van der Waals surface area (Å²) in [6.07, 6.45) is 8.44. The van der Waals surface area contributed by atoms with Gasteiger partial charge in [0.1, 0.15) is 0 Å². The molecule has 0 radical (unpaired) electrons. The van der Waals surface area contributed by atoms with Gasteiger partial charge in [0, 0.05) is 17.3 Å². The summed E-state index contributed by atoms with van der Waals surface area (Å²) in [5.74, 6) is -0.168. The first-order valence-electron chi connectivity index (χ1n) is 11.0. The zero-order valence-electron chi connectivity index (χ0n) is 16.8. The first-order chi connectivity index (χ1) is 14.2. The Morgan fingerprint density at radius 1 is 0.897 bits per heavy atom. The summed E-state index contributed by atoms with van der Waals surface area (Å²) in [6, 6.07) is 17.7. The molecular formula is C25H28N2O2. The van der Waals surface area contributed by atoms with Crippen molar-refractivity contribution in [1.29, 1.82) is 0 Å². The summed E-state index contributed by atoms with van der Waals surface area (Å²) in [5, 5.41) is 3.15.